The molecule has 0 aromatic rings. The van der Waals surface area contributed by atoms with E-state index in [1.54, 1.807) is 6.08 Å². The van der Waals surface area contributed by atoms with Crippen molar-refractivity contribution in [1.82, 2.24) is 5.32 Å². The maximum absolute atomic E-state index is 13.4. The lowest BCUT2D eigenvalue weighted by Crippen LogP contribution is -2.47. The largest absolute Gasteiger partial charge is 0.472 e. The Morgan fingerprint density at radius 3 is 1.37 bits per heavy atom. The Labute approximate surface area is 430 Å². The molecule has 0 saturated carbocycles. The number of esters is 1. The van der Waals surface area contributed by atoms with Crippen LogP contribution in [0.25, 0.3) is 0 Å². The molecular weight excluding hydrogens is 892 g/mol. The Morgan fingerprint density at radius 2 is 0.914 bits per heavy atom. The van der Waals surface area contributed by atoms with Gasteiger partial charge in [-0.1, -0.05) is 214 Å². The van der Waals surface area contributed by atoms with E-state index in [9.17, 15) is 19.0 Å². The molecule has 0 fully saturated rings. The number of amides is 1. The molecule has 0 aromatic carbocycles. The Bertz CT molecular complexity index is 1570. The second-order valence-corrected chi connectivity index (χ2v) is 20.8. The minimum absolute atomic E-state index is 0.0138. The van der Waals surface area contributed by atoms with Crippen LogP contribution < -0.4 is 5.32 Å². The van der Waals surface area contributed by atoms with E-state index in [-0.39, 0.29) is 32.0 Å². The quantitative estimate of drug-likeness (QED) is 0.0205. The van der Waals surface area contributed by atoms with Crippen molar-refractivity contribution < 1.29 is 37.3 Å². The third-order valence-corrected chi connectivity index (χ3v) is 12.5. The topological polar surface area (TPSA) is 111 Å². The Hall–Kier alpha value is -3.33. The Balaban J connectivity index is 5.57. The highest BCUT2D eigenvalue weighted by Gasteiger charge is 2.30. The molecule has 400 valence electrons. The van der Waals surface area contributed by atoms with Crippen LogP contribution >= 0.6 is 7.82 Å². The van der Waals surface area contributed by atoms with Gasteiger partial charge in [-0.15, -0.1) is 0 Å². The van der Waals surface area contributed by atoms with Gasteiger partial charge in [0.15, 0.2) is 0 Å². The van der Waals surface area contributed by atoms with Gasteiger partial charge in [0, 0.05) is 12.8 Å². The first-order valence-electron chi connectivity index (χ1n) is 27.7. The molecular formula is C60H104N2O7P+. The van der Waals surface area contributed by atoms with Crippen LogP contribution in [0.5, 0.6) is 0 Å². The van der Waals surface area contributed by atoms with Gasteiger partial charge >= 0.3 is 13.8 Å². The number of phosphoric acid groups is 1. The van der Waals surface area contributed by atoms with Gasteiger partial charge in [0.05, 0.1) is 33.8 Å². The lowest BCUT2D eigenvalue weighted by atomic mass is 10.1. The van der Waals surface area contributed by atoms with Gasteiger partial charge < -0.3 is 19.4 Å². The van der Waals surface area contributed by atoms with Crippen LogP contribution in [-0.4, -0.2) is 74.3 Å². The van der Waals surface area contributed by atoms with Crippen LogP contribution in [0, 0.1) is 0 Å². The van der Waals surface area contributed by atoms with Gasteiger partial charge in [-0.3, -0.25) is 18.6 Å². The number of ether oxygens (including phenoxy) is 1. The number of hydrogen-bond donors (Lipinski definition) is 2. The third-order valence-electron chi connectivity index (χ3n) is 11.5. The molecule has 9 nitrogen and oxygen atoms in total. The van der Waals surface area contributed by atoms with Gasteiger partial charge in [0.1, 0.15) is 19.3 Å². The van der Waals surface area contributed by atoms with Crippen molar-refractivity contribution in [3.05, 3.63) is 109 Å². The van der Waals surface area contributed by atoms with Gasteiger partial charge in [-0.25, -0.2) is 4.57 Å². The highest BCUT2D eigenvalue weighted by Crippen LogP contribution is 2.43. The Kier molecular flexibility index (Phi) is 46.9. The number of allylic oxidation sites excluding steroid dienone is 17. The van der Waals surface area contributed by atoms with E-state index < -0.39 is 25.9 Å². The summed E-state index contributed by atoms with van der Waals surface area (Å²) in [6, 6.07) is -0.916. The second-order valence-electron chi connectivity index (χ2n) is 19.4. The summed E-state index contributed by atoms with van der Waals surface area (Å²) in [5.41, 5.74) is 0. The summed E-state index contributed by atoms with van der Waals surface area (Å²) in [6.45, 7) is 6.76. The summed E-state index contributed by atoms with van der Waals surface area (Å²) in [6.07, 6.45) is 66.9. The zero-order valence-electron chi connectivity index (χ0n) is 45.5. The van der Waals surface area contributed by atoms with E-state index in [4.69, 9.17) is 13.8 Å². The van der Waals surface area contributed by atoms with Crippen LogP contribution in [0.3, 0.4) is 0 Å². The molecule has 0 bridgehead atoms. The molecule has 0 aliphatic heterocycles. The molecule has 0 heterocycles. The molecule has 2 N–H and O–H groups in total. The van der Waals surface area contributed by atoms with Crippen LogP contribution in [-0.2, 0) is 27.9 Å². The number of carbonyl (C=O) groups is 2. The van der Waals surface area contributed by atoms with Gasteiger partial charge in [0.2, 0.25) is 5.91 Å². The van der Waals surface area contributed by atoms with Crippen molar-refractivity contribution in [3.8, 4) is 0 Å². The Morgan fingerprint density at radius 1 is 0.514 bits per heavy atom. The molecule has 10 heteroatoms. The van der Waals surface area contributed by atoms with E-state index in [1.165, 1.54) is 89.9 Å². The zero-order valence-corrected chi connectivity index (χ0v) is 46.4. The predicted octanol–water partition coefficient (Wildman–Crippen LogP) is 16.6. The number of carbonyl (C=O) groups excluding carboxylic acids is 2. The van der Waals surface area contributed by atoms with E-state index in [0.717, 1.165) is 70.6 Å². The standard InChI is InChI=1S/C60H103N2O7P/c1-7-10-13-16-19-22-25-28-29-30-31-32-33-35-37-40-43-46-49-52-59(63)61-57(56-68-70(65,66)67-55-54-62(4,5)6)58(51-48-45-42-39-36-27-24-21-18-15-12-9-3)69-60(64)53-50-47-44-41-38-34-26-23-20-17-14-11-8-2/h10,13,19,22,28-29,31-32,34-35,37-38,43-44,46-48,51,57-58H,7-9,11-12,14-18,20-21,23-27,30,33,36,39-42,45,49-50,52-56H2,1-6H3,(H-,61,63,65,66)/p+1/b13-10-,22-19-,29-28-,32-31-,37-35-,38-34-,46-43-,47-44+,51-48-. The molecule has 1 amide bonds. The molecule has 0 radical (unpaired) electrons. The fourth-order valence-electron chi connectivity index (χ4n) is 7.19. The fourth-order valence-corrected chi connectivity index (χ4v) is 7.93. The lowest BCUT2D eigenvalue weighted by molar-refractivity contribution is -0.870. The van der Waals surface area contributed by atoms with Crippen molar-refractivity contribution in [2.24, 2.45) is 0 Å². The molecule has 70 heavy (non-hydrogen) atoms. The number of unbranched alkanes of at least 4 members (excludes halogenated alkanes) is 16. The number of nitrogens with zero attached hydrogens (tertiary/aromatic N) is 1. The number of rotatable bonds is 48. The summed E-state index contributed by atoms with van der Waals surface area (Å²) in [7, 11) is 1.41. The normalized spacial score (nSPS) is 14.7. The minimum atomic E-state index is -4.48. The second kappa shape index (κ2) is 49.3. The summed E-state index contributed by atoms with van der Waals surface area (Å²) in [4.78, 5) is 37.4. The number of quaternary nitrogens is 1. The van der Waals surface area contributed by atoms with Crippen LogP contribution in [0.15, 0.2) is 109 Å². The molecule has 0 rings (SSSR count). The molecule has 0 aliphatic rings. The SMILES string of the molecule is CC/C=C\C/C=C\C/C=C\C/C=C\C/C=C\C/C=C\CCC(=O)NC(COP(=O)(O)OCC[N+](C)(C)C)C(/C=C\CCCCCCCCCCCC)OC(=O)CC/C=C/C/C=C\CCCCCCCC. The van der Waals surface area contributed by atoms with Crippen LogP contribution in [0.1, 0.15) is 207 Å². The van der Waals surface area contributed by atoms with E-state index in [1.807, 2.05) is 45.4 Å². The highest BCUT2D eigenvalue weighted by molar-refractivity contribution is 7.47. The predicted molar refractivity (Wildman–Crippen MR) is 300 cm³/mol. The molecule has 3 unspecified atom stereocenters. The maximum atomic E-state index is 13.4. The van der Waals surface area contributed by atoms with Gasteiger partial charge in [-0.05, 0) is 89.5 Å². The first kappa shape index (κ1) is 66.7. The molecule has 0 aliphatic carbocycles. The monoisotopic (exact) mass is 996 g/mol. The van der Waals surface area contributed by atoms with Crippen molar-refractivity contribution in [1.29, 1.82) is 0 Å². The number of likely N-dealkylation sites (N-methyl/N-ethyl adjacent to an activating group) is 1. The van der Waals surface area contributed by atoms with Gasteiger partial charge in [-0.2, -0.15) is 0 Å². The molecule has 0 saturated heterocycles. The molecule has 0 spiro atoms. The molecule has 0 aromatic heterocycles. The van der Waals surface area contributed by atoms with E-state index in [2.05, 4.69) is 105 Å². The van der Waals surface area contributed by atoms with Crippen LogP contribution in [0.2, 0.25) is 0 Å². The summed E-state index contributed by atoms with van der Waals surface area (Å²) < 4.78 is 30.4. The highest BCUT2D eigenvalue weighted by atomic mass is 31.2. The first-order chi connectivity index (χ1) is 33.9. The average Bonchev–Trinajstić information content (AvgIpc) is 3.32. The number of nitrogens with one attached hydrogen (secondary N) is 1. The van der Waals surface area contributed by atoms with Crippen molar-refractivity contribution >= 4 is 19.7 Å². The maximum Gasteiger partial charge on any atom is 0.472 e. The fraction of sp³-hybridized carbons (Fsp3) is 0.667. The zero-order chi connectivity index (χ0) is 51.5. The number of hydrogen-bond acceptors (Lipinski definition) is 6. The van der Waals surface area contributed by atoms with Crippen LogP contribution in [0.4, 0.5) is 0 Å². The van der Waals surface area contributed by atoms with Crippen molar-refractivity contribution in [2.75, 3.05) is 40.9 Å². The first-order valence-corrected chi connectivity index (χ1v) is 29.2. The smallest absolute Gasteiger partial charge is 0.456 e. The van der Waals surface area contributed by atoms with Crippen molar-refractivity contribution in [3.63, 3.8) is 0 Å². The van der Waals surface area contributed by atoms with Gasteiger partial charge in [0.25, 0.3) is 0 Å². The van der Waals surface area contributed by atoms with E-state index in [0.29, 0.717) is 23.9 Å². The third kappa shape index (κ3) is 49.6. The lowest BCUT2D eigenvalue weighted by Gasteiger charge is -2.27. The summed E-state index contributed by atoms with van der Waals surface area (Å²) >= 11 is 0. The van der Waals surface area contributed by atoms with E-state index >= 15 is 0 Å². The van der Waals surface area contributed by atoms with Crippen molar-refractivity contribution in [2.45, 2.75) is 219 Å². The summed E-state index contributed by atoms with van der Waals surface area (Å²) in [5, 5.41) is 2.97. The molecule has 3 atom stereocenters. The average molecular weight is 996 g/mol. The number of phosphoric ester groups is 1. The minimum Gasteiger partial charge on any atom is -0.456 e. The summed E-state index contributed by atoms with van der Waals surface area (Å²) in [5.74, 6) is -0.691.